The van der Waals surface area contributed by atoms with Gasteiger partial charge in [0.2, 0.25) is 0 Å². The molecule has 0 aliphatic carbocycles. The van der Waals surface area contributed by atoms with E-state index in [1.807, 2.05) is 0 Å². The molecule has 0 radical (unpaired) electrons. The Morgan fingerprint density at radius 2 is 2.12 bits per heavy atom. The fourth-order valence-corrected chi connectivity index (χ4v) is 1.85. The summed E-state index contributed by atoms with van der Waals surface area (Å²) in [7, 11) is 1.37. The Bertz CT molecular complexity index is 402. The first kappa shape index (κ1) is 13.4. The Morgan fingerprint density at radius 3 is 2.59 bits per heavy atom. The molecular formula is C13H20N2O2. The van der Waals surface area contributed by atoms with Crippen LogP contribution in [-0.4, -0.2) is 25.7 Å². The summed E-state index contributed by atoms with van der Waals surface area (Å²) in [5.41, 5.74) is 8.03. The predicted octanol–water partition coefficient (Wildman–Crippen LogP) is 2.29. The number of ether oxygens (including phenoxy) is 1. The summed E-state index contributed by atoms with van der Waals surface area (Å²) < 4.78 is 4.71. The summed E-state index contributed by atoms with van der Waals surface area (Å²) in [5, 5.41) is 0. The highest BCUT2D eigenvalue weighted by molar-refractivity contribution is 5.92. The van der Waals surface area contributed by atoms with E-state index >= 15 is 0 Å². The largest absolute Gasteiger partial charge is 0.465 e. The predicted molar refractivity (Wildman–Crippen MR) is 70.3 cm³/mol. The number of rotatable bonds is 4. The molecule has 0 saturated heterocycles. The minimum Gasteiger partial charge on any atom is -0.465 e. The number of carbonyl (C=O) groups is 1. The molecule has 0 heterocycles. The van der Waals surface area contributed by atoms with Gasteiger partial charge in [0.15, 0.2) is 0 Å². The second-order valence-corrected chi connectivity index (χ2v) is 4.14. The van der Waals surface area contributed by atoms with Crippen molar-refractivity contribution in [2.24, 2.45) is 0 Å². The van der Waals surface area contributed by atoms with Crippen LogP contribution in [0.1, 0.15) is 31.1 Å². The van der Waals surface area contributed by atoms with Crippen molar-refractivity contribution in [1.82, 2.24) is 0 Å². The van der Waals surface area contributed by atoms with Crippen LogP contribution in [0.25, 0.3) is 0 Å². The molecule has 94 valence electrons. The van der Waals surface area contributed by atoms with Gasteiger partial charge in [-0.15, -0.1) is 0 Å². The lowest BCUT2D eigenvalue weighted by atomic mass is 10.1. The molecule has 1 rings (SSSR count). The van der Waals surface area contributed by atoms with Crippen LogP contribution in [0.4, 0.5) is 11.4 Å². The maximum absolute atomic E-state index is 11.5. The topological polar surface area (TPSA) is 55.6 Å². The lowest BCUT2D eigenvalue weighted by Crippen LogP contribution is -2.31. The van der Waals surface area contributed by atoms with E-state index in [2.05, 4.69) is 25.7 Å². The van der Waals surface area contributed by atoms with Crippen LogP contribution in [0, 0.1) is 0 Å². The van der Waals surface area contributed by atoms with E-state index < -0.39 is 0 Å². The molecule has 0 aromatic heterocycles. The first-order valence-electron chi connectivity index (χ1n) is 5.75. The zero-order chi connectivity index (χ0) is 13.0. The smallest absolute Gasteiger partial charge is 0.337 e. The van der Waals surface area contributed by atoms with Gasteiger partial charge in [-0.25, -0.2) is 4.79 Å². The van der Waals surface area contributed by atoms with Gasteiger partial charge < -0.3 is 15.4 Å². The Hall–Kier alpha value is -1.71. The van der Waals surface area contributed by atoms with Gasteiger partial charge >= 0.3 is 5.97 Å². The summed E-state index contributed by atoms with van der Waals surface area (Å²) in [4.78, 5) is 13.6. The van der Waals surface area contributed by atoms with Crippen LogP contribution in [-0.2, 0) is 4.74 Å². The molecule has 0 fully saturated rings. The summed E-state index contributed by atoms with van der Waals surface area (Å²) in [6.07, 6.45) is 0. The number of anilines is 2. The molecule has 0 bridgehead atoms. The Morgan fingerprint density at radius 1 is 1.47 bits per heavy atom. The molecule has 0 saturated carbocycles. The highest BCUT2D eigenvalue weighted by atomic mass is 16.5. The fraction of sp³-hybridized carbons (Fsp3) is 0.462. The van der Waals surface area contributed by atoms with Crippen molar-refractivity contribution in [3.8, 4) is 0 Å². The van der Waals surface area contributed by atoms with Gasteiger partial charge in [-0.05, 0) is 39.0 Å². The van der Waals surface area contributed by atoms with Crippen molar-refractivity contribution in [3.63, 3.8) is 0 Å². The summed E-state index contributed by atoms with van der Waals surface area (Å²) >= 11 is 0. The van der Waals surface area contributed by atoms with Crippen molar-refractivity contribution in [1.29, 1.82) is 0 Å². The third-order valence-corrected chi connectivity index (χ3v) is 2.72. The normalized spacial score (nSPS) is 10.4. The number of carbonyl (C=O) groups excluding carboxylic acids is 1. The lowest BCUT2D eigenvalue weighted by Gasteiger charge is -2.29. The van der Waals surface area contributed by atoms with Crippen molar-refractivity contribution in [2.75, 3.05) is 24.3 Å². The van der Waals surface area contributed by atoms with Crippen LogP contribution in [0.5, 0.6) is 0 Å². The van der Waals surface area contributed by atoms with Gasteiger partial charge in [-0.3, -0.25) is 0 Å². The standard InChI is InChI=1S/C13H20N2O2/c1-5-15(9(2)3)12-8-10(13(16)17-4)6-7-11(12)14/h6-9H,5,14H2,1-4H3. The number of esters is 1. The van der Waals surface area contributed by atoms with Crippen molar-refractivity contribution >= 4 is 17.3 Å². The molecule has 4 nitrogen and oxygen atoms in total. The van der Waals surface area contributed by atoms with E-state index in [0.29, 0.717) is 17.3 Å². The molecule has 4 heteroatoms. The molecule has 1 aromatic carbocycles. The average molecular weight is 236 g/mol. The SMILES string of the molecule is CCN(c1cc(C(=O)OC)ccc1N)C(C)C. The number of nitrogens with zero attached hydrogens (tertiary/aromatic N) is 1. The maximum atomic E-state index is 11.5. The second-order valence-electron chi connectivity index (χ2n) is 4.14. The number of nitrogens with two attached hydrogens (primary N) is 1. The Labute approximate surface area is 102 Å². The van der Waals surface area contributed by atoms with E-state index in [1.54, 1.807) is 18.2 Å². The van der Waals surface area contributed by atoms with Gasteiger partial charge in [-0.1, -0.05) is 0 Å². The average Bonchev–Trinajstić information content (AvgIpc) is 2.31. The third-order valence-electron chi connectivity index (χ3n) is 2.72. The fourth-order valence-electron chi connectivity index (χ4n) is 1.85. The molecule has 0 unspecified atom stereocenters. The van der Waals surface area contributed by atoms with E-state index in [0.717, 1.165) is 12.2 Å². The maximum Gasteiger partial charge on any atom is 0.337 e. The zero-order valence-electron chi connectivity index (χ0n) is 10.9. The van der Waals surface area contributed by atoms with Crippen LogP contribution >= 0.6 is 0 Å². The first-order valence-corrected chi connectivity index (χ1v) is 5.75. The highest BCUT2D eigenvalue weighted by Crippen LogP contribution is 2.26. The number of hydrogen-bond acceptors (Lipinski definition) is 4. The monoisotopic (exact) mass is 236 g/mol. The zero-order valence-corrected chi connectivity index (χ0v) is 10.9. The Balaban J connectivity index is 3.17. The van der Waals surface area contributed by atoms with Gasteiger partial charge in [-0.2, -0.15) is 0 Å². The van der Waals surface area contributed by atoms with Crippen LogP contribution < -0.4 is 10.6 Å². The van der Waals surface area contributed by atoms with Crippen LogP contribution in [0.15, 0.2) is 18.2 Å². The Kier molecular flexibility index (Phi) is 4.37. The first-order chi connectivity index (χ1) is 8.01. The number of nitrogen functional groups attached to an aromatic ring is 1. The molecule has 1 aromatic rings. The molecule has 0 aliphatic rings. The molecule has 0 aliphatic heterocycles. The van der Waals surface area contributed by atoms with Gasteiger partial charge in [0.05, 0.1) is 24.0 Å². The molecular weight excluding hydrogens is 216 g/mol. The lowest BCUT2D eigenvalue weighted by molar-refractivity contribution is 0.0601. The summed E-state index contributed by atoms with van der Waals surface area (Å²) in [6, 6.07) is 5.53. The van der Waals surface area contributed by atoms with Gasteiger partial charge in [0, 0.05) is 12.6 Å². The molecule has 0 amide bonds. The quantitative estimate of drug-likeness (QED) is 0.643. The van der Waals surface area contributed by atoms with Crippen LogP contribution in [0.2, 0.25) is 0 Å². The highest BCUT2D eigenvalue weighted by Gasteiger charge is 2.14. The second kappa shape index (κ2) is 5.57. The van der Waals surface area contributed by atoms with Gasteiger partial charge in [0.1, 0.15) is 0 Å². The van der Waals surface area contributed by atoms with Crippen molar-refractivity contribution in [3.05, 3.63) is 23.8 Å². The molecule has 0 spiro atoms. The molecule has 17 heavy (non-hydrogen) atoms. The molecule has 2 N–H and O–H groups in total. The minimum atomic E-state index is -0.342. The number of methoxy groups -OCH3 is 1. The van der Waals surface area contributed by atoms with Crippen LogP contribution in [0.3, 0.4) is 0 Å². The molecule has 0 atom stereocenters. The number of hydrogen-bond donors (Lipinski definition) is 1. The summed E-state index contributed by atoms with van der Waals surface area (Å²) in [5.74, 6) is -0.342. The summed E-state index contributed by atoms with van der Waals surface area (Å²) in [6.45, 7) is 7.08. The van der Waals surface area contributed by atoms with Gasteiger partial charge in [0.25, 0.3) is 0 Å². The van der Waals surface area contributed by atoms with E-state index in [9.17, 15) is 4.79 Å². The van der Waals surface area contributed by atoms with E-state index in [4.69, 9.17) is 10.5 Å². The minimum absolute atomic E-state index is 0.329. The number of benzene rings is 1. The van der Waals surface area contributed by atoms with Crippen molar-refractivity contribution in [2.45, 2.75) is 26.8 Å². The van der Waals surface area contributed by atoms with E-state index in [1.165, 1.54) is 7.11 Å². The van der Waals surface area contributed by atoms with Crippen molar-refractivity contribution < 1.29 is 9.53 Å². The third kappa shape index (κ3) is 2.90. The van der Waals surface area contributed by atoms with E-state index in [-0.39, 0.29) is 5.97 Å².